The summed E-state index contributed by atoms with van der Waals surface area (Å²) < 4.78 is 39.7. The summed E-state index contributed by atoms with van der Waals surface area (Å²) in [7, 11) is -4.17. The van der Waals surface area contributed by atoms with Gasteiger partial charge in [-0.15, -0.1) is 0 Å². The number of carboxylic acids is 1. The Morgan fingerprint density at radius 3 is 2.63 bits per heavy atom. The van der Waals surface area contributed by atoms with Gasteiger partial charge in [-0.1, -0.05) is 6.07 Å². The third kappa shape index (κ3) is 3.10. The highest BCUT2D eigenvalue weighted by Crippen LogP contribution is 2.33. The summed E-state index contributed by atoms with van der Waals surface area (Å²) in [6.45, 7) is 1.63. The average Bonchev–Trinajstić information content (AvgIpc) is 3.13. The first kappa shape index (κ1) is 14.0. The lowest BCUT2D eigenvalue weighted by atomic mass is 10.2. The molecule has 0 aliphatic heterocycles. The van der Waals surface area contributed by atoms with Crippen LogP contribution in [0.1, 0.15) is 18.4 Å². The summed E-state index contributed by atoms with van der Waals surface area (Å²) in [6.07, 6.45) is 1.32. The Morgan fingerprint density at radius 1 is 1.47 bits per heavy atom. The maximum Gasteiger partial charge on any atom is 0.322 e. The number of halogens is 1. The van der Waals surface area contributed by atoms with E-state index in [-0.39, 0.29) is 5.92 Å². The van der Waals surface area contributed by atoms with Crippen LogP contribution in [0.2, 0.25) is 0 Å². The summed E-state index contributed by atoms with van der Waals surface area (Å²) in [5.41, 5.74) is 0.583. The van der Waals surface area contributed by atoms with E-state index >= 15 is 0 Å². The number of hydrogen-bond acceptors (Lipinski definition) is 3. The van der Waals surface area contributed by atoms with E-state index in [1.54, 1.807) is 6.92 Å². The maximum atomic E-state index is 13.6. The van der Waals surface area contributed by atoms with Crippen LogP contribution in [0.25, 0.3) is 0 Å². The highest BCUT2D eigenvalue weighted by molar-refractivity contribution is 7.89. The van der Waals surface area contributed by atoms with Crippen LogP contribution >= 0.6 is 0 Å². The fourth-order valence-corrected chi connectivity index (χ4v) is 3.25. The largest absolute Gasteiger partial charge is 0.480 e. The van der Waals surface area contributed by atoms with Gasteiger partial charge < -0.3 is 5.11 Å². The molecule has 1 fully saturated rings. The first-order valence-corrected chi connectivity index (χ1v) is 7.31. The quantitative estimate of drug-likeness (QED) is 0.854. The average molecular weight is 287 g/mol. The van der Waals surface area contributed by atoms with Crippen LogP contribution in [0.15, 0.2) is 23.1 Å². The number of aliphatic carboxylic acids is 1. The number of hydrogen-bond donors (Lipinski definition) is 2. The van der Waals surface area contributed by atoms with E-state index in [1.807, 2.05) is 0 Å². The molecule has 1 unspecified atom stereocenters. The minimum absolute atomic E-state index is 0.208. The molecule has 0 heterocycles. The third-order valence-corrected chi connectivity index (χ3v) is 4.47. The van der Waals surface area contributed by atoms with E-state index in [1.165, 1.54) is 12.1 Å². The zero-order valence-corrected chi connectivity index (χ0v) is 11.1. The van der Waals surface area contributed by atoms with Gasteiger partial charge in [0.25, 0.3) is 0 Å². The Kier molecular flexibility index (Phi) is 3.60. The minimum atomic E-state index is -4.17. The molecule has 0 aromatic heterocycles. The van der Waals surface area contributed by atoms with Gasteiger partial charge in [0.15, 0.2) is 0 Å². The van der Waals surface area contributed by atoms with Crippen molar-refractivity contribution in [1.82, 2.24) is 4.72 Å². The number of sulfonamides is 1. The predicted octanol–water partition coefficient (Wildman–Crippen LogP) is 1.28. The topological polar surface area (TPSA) is 83.5 Å². The van der Waals surface area contributed by atoms with Gasteiger partial charge in [0, 0.05) is 0 Å². The van der Waals surface area contributed by atoms with E-state index in [2.05, 4.69) is 4.72 Å². The number of carbonyl (C=O) groups is 1. The van der Waals surface area contributed by atoms with Crippen molar-refractivity contribution in [3.8, 4) is 0 Å². The van der Waals surface area contributed by atoms with E-state index in [0.717, 1.165) is 6.07 Å². The Hall–Kier alpha value is -1.47. The SMILES string of the molecule is Cc1ccc(F)c(S(=O)(=O)NC(C(=O)O)C2CC2)c1. The van der Waals surface area contributed by atoms with Crippen molar-refractivity contribution in [2.75, 3.05) is 0 Å². The summed E-state index contributed by atoms with van der Waals surface area (Å²) in [4.78, 5) is 10.5. The molecule has 1 aromatic carbocycles. The highest BCUT2D eigenvalue weighted by Gasteiger charge is 2.39. The van der Waals surface area contributed by atoms with Crippen molar-refractivity contribution in [3.05, 3.63) is 29.6 Å². The molecule has 7 heteroatoms. The molecular formula is C12H14FNO4S. The van der Waals surface area contributed by atoms with Crippen LogP contribution in [0, 0.1) is 18.7 Å². The fraction of sp³-hybridized carbons (Fsp3) is 0.417. The molecule has 2 N–H and O–H groups in total. The molecule has 1 aliphatic rings. The van der Waals surface area contributed by atoms with Crippen LogP contribution in [0.5, 0.6) is 0 Å². The molecule has 1 saturated carbocycles. The normalized spacial score (nSPS) is 17.2. The van der Waals surface area contributed by atoms with Gasteiger partial charge in [-0.2, -0.15) is 4.72 Å². The summed E-state index contributed by atoms with van der Waals surface area (Å²) >= 11 is 0. The number of aryl methyl sites for hydroxylation is 1. The van der Waals surface area contributed by atoms with Gasteiger partial charge in [-0.3, -0.25) is 4.79 Å². The second-order valence-electron chi connectivity index (χ2n) is 4.71. The molecule has 0 amide bonds. The molecule has 0 bridgehead atoms. The molecule has 0 saturated heterocycles. The van der Waals surface area contributed by atoms with Crippen LogP contribution < -0.4 is 4.72 Å². The highest BCUT2D eigenvalue weighted by atomic mass is 32.2. The van der Waals surface area contributed by atoms with Crippen molar-refractivity contribution < 1.29 is 22.7 Å². The Bertz CT molecular complexity index is 610. The standard InChI is InChI=1S/C12H14FNO4S/c1-7-2-5-9(13)10(6-7)19(17,18)14-11(12(15)16)8-3-4-8/h2,5-6,8,11,14H,3-4H2,1H3,(H,15,16). The zero-order valence-electron chi connectivity index (χ0n) is 10.3. The molecular weight excluding hydrogens is 273 g/mol. The molecule has 1 atom stereocenters. The van der Waals surface area contributed by atoms with Crippen LogP contribution in [0.3, 0.4) is 0 Å². The van der Waals surface area contributed by atoms with Crippen molar-refractivity contribution in [1.29, 1.82) is 0 Å². The molecule has 104 valence electrons. The summed E-state index contributed by atoms with van der Waals surface area (Å²) in [5.74, 6) is -2.34. The smallest absolute Gasteiger partial charge is 0.322 e. The van der Waals surface area contributed by atoms with E-state index < -0.39 is 32.7 Å². The molecule has 19 heavy (non-hydrogen) atoms. The van der Waals surface area contributed by atoms with E-state index in [4.69, 9.17) is 5.11 Å². The number of rotatable bonds is 5. The van der Waals surface area contributed by atoms with E-state index in [0.29, 0.717) is 18.4 Å². The van der Waals surface area contributed by atoms with Gasteiger partial charge in [0.2, 0.25) is 10.0 Å². The molecule has 1 aromatic rings. The Morgan fingerprint density at radius 2 is 2.11 bits per heavy atom. The molecule has 0 spiro atoms. The lowest BCUT2D eigenvalue weighted by Gasteiger charge is -2.14. The monoisotopic (exact) mass is 287 g/mol. The lowest BCUT2D eigenvalue weighted by Crippen LogP contribution is -2.42. The van der Waals surface area contributed by atoms with E-state index in [9.17, 15) is 17.6 Å². The Balaban J connectivity index is 2.31. The first-order chi connectivity index (χ1) is 8.81. The second-order valence-corrected chi connectivity index (χ2v) is 6.39. The van der Waals surface area contributed by atoms with Crippen LogP contribution in [-0.4, -0.2) is 25.5 Å². The maximum absolute atomic E-state index is 13.6. The van der Waals surface area contributed by atoms with Gasteiger partial charge in [0.1, 0.15) is 16.8 Å². The van der Waals surface area contributed by atoms with Gasteiger partial charge in [0.05, 0.1) is 0 Å². The van der Waals surface area contributed by atoms with Gasteiger partial charge in [-0.05, 0) is 43.4 Å². The molecule has 0 radical (unpaired) electrons. The van der Waals surface area contributed by atoms with Crippen molar-refractivity contribution in [2.45, 2.75) is 30.7 Å². The minimum Gasteiger partial charge on any atom is -0.480 e. The number of benzene rings is 1. The third-order valence-electron chi connectivity index (χ3n) is 3.02. The summed E-state index contributed by atoms with van der Waals surface area (Å²) in [6, 6.07) is 2.49. The second kappa shape index (κ2) is 4.90. The van der Waals surface area contributed by atoms with Gasteiger partial charge in [-0.25, -0.2) is 12.8 Å². The number of nitrogens with one attached hydrogen (secondary N) is 1. The van der Waals surface area contributed by atoms with Crippen LogP contribution in [-0.2, 0) is 14.8 Å². The van der Waals surface area contributed by atoms with Gasteiger partial charge >= 0.3 is 5.97 Å². The Labute approximate surface area is 110 Å². The van der Waals surface area contributed by atoms with Crippen molar-refractivity contribution in [3.63, 3.8) is 0 Å². The zero-order chi connectivity index (χ0) is 14.2. The molecule has 1 aliphatic carbocycles. The lowest BCUT2D eigenvalue weighted by molar-refractivity contribution is -0.139. The van der Waals surface area contributed by atoms with Crippen LogP contribution in [0.4, 0.5) is 4.39 Å². The number of carboxylic acid groups (broad SMARTS) is 1. The van der Waals surface area contributed by atoms with Crippen molar-refractivity contribution in [2.24, 2.45) is 5.92 Å². The fourth-order valence-electron chi connectivity index (χ4n) is 1.82. The first-order valence-electron chi connectivity index (χ1n) is 5.82. The van der Waals surface area contributed by atoms with Crippen molar-refractivity contribution >= 4 is 16.0 Å². The predicted molar refractivity (Wildman–Crippen MR) is 65.6 cm³/mol. The molecule has 2 rings (SSSR count). The molecule has 5 nitrogen and oxygen atoms in total. The summed E-state index contributed by atoms with van der Waals surface area (Å²) in [5, 5.41) is 9.00.